The molecule has 0 unspecified atom stereocenters. The molecule has 0 radical (unpaired) electrons. The molecule has 2 aromatic rings. The molecular weight excluding hydrogens is 752 g/mol. The van der Waals surface area contributed by atoms with Crippen LogP contribution in [0.2, 0.25) is 5.02 Å². The summed E-state index contributed by atoms with van der Waals surface area (Å²) in [5, 5.41) is -0.191. The van der Waals surface area contributed by atoms with Gasteiger partial charge < -0.3 is 23.8 Å². The quantitative estimate of drug-likeness (QED) is 0.371. The van der Waals surface area contributed by atoms with E-state index in [1.54, 1.807) is 6.07 Å². The number of hydrogen-bond acceptors (Lipinski definition) is 10. The number of benzene rings is 2. The van der Waals surface area contributed by atoms with E-state index in [1.807, 2.05) is 25.1 Å². The van der Waals surface area contributed by atoms with E-state index in [2.05, 4.69) is 50.6 Å². The van der Waals surface area contributed by atoms with Crippen molar-refractivity contribution in [2.75, 3.05) is 90.9 Å². The number of fused-ring (bicyclic) bond motifs is 4. The highest BCUT2D eigenvalue weighted by molar-refractivity contribution is 7.90. The van der Waals surface area contributed by atoms with Crippen molar-refractivity contribution in [3.63, 3.8) is 0 Å². The Hall–Kier alpha value is -2.71. The maximum absolute atomic E-state index is 14.0. The number of ether oxygens (including phenoxy) is 4. The summed E-state index contributed by atoms with van der Waals surface area (Å²) >= 11 is 6.53. The molecular formula is C43H59ClN4O7S. The number of aryl methyl sites for hydroxylation is 1. The van der Waals surface area contributed by atoms with E-state index in [0.29, 0.717) is 43.9 Å². The summed E-state index contributed by atoms with van der Waals surface area (Å²) in [6.45, 7) is 12.9. The number of allylic oxidation sites excluding steroid dienone is 1. The fraction of sp³-hybridized carbons (Fsp3) is 0.651. The SMILES string of the molecule is CCO[C@]1(CN2CCN(C3COC3)CC2)/C=C\C[C@H](C)[C@@H](COC)S(=O)(=O)NC(=O)c2ccc3c(c2)N(C[C@@H]2CC[C@H]21)C[C@@]1(CCCc2cc(Cl)ccc21)CO3. The van der Waals surface area contributed by atoms with Crippen LogP contribution in [-0.4, -0.2) is 127 Å². The minimum atomic E-state index is -4.11. The molecule has 1 N–H and O–H groups in total. The van der Waals surface area contributed by atoms with Crippen LogP contribution in [0.3, 0.4) is 0 Å². The minimum Gasteiger partial charge on any atom is -0.490 e. The standard InChI is InChI=1S/C43H59ClN4O7S/c1-4-55-43(28-46-17-19-47(20-18-46)35-24-53-25-35)16-5-7-30(2)40(26-52-3)56(50,51)45-41(49)32-10-14-39-38(22-32)48(23-33-9-12-37(33)43)27-42(29-54-39)15-6-8-31-21-34(44)11-13-36(31)42/h5,10-11,13-14,16,21-22,30,33,35,37,40H,4,6-9,12,15,17-20,23-29H2,1-3H3,(H,45,49)/b16-5-/t30-,33-,37+,40+,42-,43-/m0/s1. The summed E-state index contributed by atoms with van der Waals surface area (Å²) in [5.74, 6) is 0.291. The van der Waals surface area contributed by atoms with Gasteiger partial charge in [0, 0.05) is 75.5 Å². The van der Waals surface area contributed by atoms with E-state index in [4.69, 9.17) is 30.5 Å². The lowest BCUT2D eigenvalue weighted by Crippen LogP contribution is -2.61. The Balaban J connectivity index is 1.19. The summed E-state index contributed by atoms with van der Waals surface area (Å²) < 4.78 is 55.1. The van der Waals surface area contributed by atoms with Crippen LogP contribution in [0.1, 0.15) is 67.4 Å². The van der Waals surface area contributed by atoms with Gasteiger partial charge in [-0.3, -0.25) is 14.6 Å². The summed E-state index contributed by atoms with van der Waals surface area (Å²) in [5.41, 5.74) is 2.81. The van der Waals surface area contributed by atoms with Crippen molar-refractivity contribution in [2.24, 2.45) is 17.8 Å². The molecule has 1 saturated carbocycles. The van der Waals surface area contributed by atoms with Crippen molar-refractivity contribution in [1.82, 2.24) is 14.5 Å². The van der Waals surface area contributed by atoms with E-state index < -0.39 is 26.8 Å². The van der Waals surface area contributed by atoms with Crippen LogP contribution in [0.4, 0.5) is 5.69 Å². The second kappa shape index (κ2) is 16.5. The molecule has 306 valence electrons. The maximum atomic E-state index is 14.0. The number of piperazine rings is 1. The molecule has 2 bridgehead atoms. The number of nitrogens with one attached hydrogen (secondary N) is 1. The average molecular weight is 811 g/mol. The highest BCUT2D eigenvalue weighted by Gasteiger charge is 2.50. The molecule has 2 saturated heterocycles. The fourth-order valence-electron chi connectivity index (χ4n) is 10.4. The van der Waals surface area contributed by atoms with E-state index >= 15 is 0 Å². The third kappa shape index (κ3) is 7.88. The van der Waals surface area contributed by atoms with Crippen LogP contribution in [0, 0.1) is 17.8 Å². The normalized spacial score (nSPS) is 33.2. The zero-order chi connectivity index (χ0) is 39.1. The summed E-state index contributed by atoms with van der Waals surface area (Å²) in [6, 6.07) is 12.2. The molecule has 2 aliphatic carbocycles. The first-order valence-corrected chi connectivity index (χ1v) is 22.7. The van der Waals surface area contributed by atoms with Crippen LogP contribution >= 0.6 is 11.6 Å². The third-order valence-electron chi connectivity index (χ3n) is 13.7. The van der Waals surface area contributed by atoms with Crippen molar-refractivity contribution in [3.05, 3.63) is 70.3 Å². The summed E-state index contributed by atoms with van der Waals surface area (Å²) in [7, 11) is -2.61. The number of amides is 1. The molecule has 1 amide bonds. The van der Waals surface area contributed by atoms with Crippen molar-refractivity contribution < 1.29 is 32.2 Å². The Bertz CT molecular complexity index is 1880. The molecule has 4 heterocycles. The van der Waals surface area contributed by atoms with Gasteiger partial charge in [-0.15, -0.1) is 0 Å². The lowest BCUT2D eigenvalue weighted by atomic mass is 9.63. The van der Waals surface area contributed by atoms with Crippen LogP contribution in [0.25, 0.3) is 0 Å². The van der Waals surface area contributed by atoms with E-state index in [-0.39, 0.29) is 29.4 Å². The smallest absolute Gasteiger partial charge is 0.264 e. The number of carbonyl (C=O) groups is 1. The van der Waals surface area contributed by atoms with Crippen molar-refractivity contribution in [1.29, 1.82) is 0 Å². The second-order valence-electron chi connectivity index (χ2n) is 17.2. The lowest BCUT2D eigenvalue weighted by molar-refractivity contribution is -0.119. The lowest BCUT2D eigenvalue weighted by Gasteiger charge is -2.53. The minimum absolute atomic E-state index is 0.0319. The Labute approximate surface area is 338 Å². The monoisotopic (exact) mass is 810 g/mol. The molecule has 1 spiro atoms. The van der Waals surface area contributed by atoms with Gasteiger partial charge >= 0.3 is 0 Å². The van der Waals surface area contributed by atoms with Crippen molar-refractivity contribution >= 4 is 33.2 Å². The Kier molecular flexibility index (Phi) is 11.8. The predicted molar refractivity (Wildman–Crippen MR) is 218 cm³/mol. The highest BCUT2D eigenvalue weighted by atomic mass is 35.5. The molecule has 2 aromatic carbocycles. The van der Waals surface area contributed by atoms with E-state index in [9.17, 15) is 13.2 Å². The Morgan fingerprint density at radius 1 is 1.07 bits per heavy atom. The second-order valence-corrected chi connectivity index (χ2v) is 19.5. The summed E-state index contributed by atoms with van der Waals surface area (Å²) in [6.07, 6.45) is 9.99. The number of sulfonamides is 1. The number of methoxy groups -OCH3 is 1. The van der Waals surface area contributed by atoms with Crippen molar-refractivity contribution in [3.8, 4) is 5.75 Å². The molecule has 8 rings (SSSR count). The highest BCUT2D eigenvalue weighted by Crippen LogP contribution is 2.49. The molecule has 3 fully saturated rings. The molecule has 13 heteroatoms. The molecule has 6 atom stereocenters. The first-order chi connectivity index (χ1) is 27.0. The molecule has 11 nitrogen and oxygen atoms in total. The Morgan fingerprint density at radius 2 is 1.89 bits per heavy atom. The zero-order valence-electron chi connectivity index (χ0n) is 33.2. The van der Waals surface area contributed by atoms with Gasteiger partial charge in [-0.05, 0) is 105 Å². The van der Waals surface area contributed by atoms with Crippen molar-refractivity contribution in [2.45, 2.75) is 74.7 Å². The molecule has 6 aliphatic rings. The van der Waals surface area contributed by atoms with E-state index in [0.717, 1.165) is 95.3 Å². The van der Waals surface area contributed by atoms with Gasteiger partial charge in [-0.2, -0.15) is 0 Å². The molecule has 56 heavy (non-hydrogen) atoms. The number of nitrogens with zero attached hydrogens (tertiary/aromatic N) is 3. The van der Waals surface area contributed by atoms with Crippen LogP contribution in [-0.2, 0) is 36.1 Å². The number of carbonyl (C=O) groups excluding carboxylic acids is 1. The topological polar surface area (TPSA) is 110 Å². The van der Waals surface area contributed by atoms with Gasteiger partial charge in [0.25, 0.3) is 5.91 Å². The van der Waals surface area contributed by atoms with Crippen LogP contribution in [0.15, 0.2) is 48.6 Å². The number of rotatable bonds is 7. The van der Waals surface area contributed by atoms with Crippen LogP contribution < -0.4 is 14.4 Å². The molecule has 0 aromatic heterocycles. The Morgan fingerprint density at radius 3 is 2.61 bits per heavy atom. The van der Waals surface area contributed by atoms with Gasteiger partial charge in [-0.25, -0.2) is 13.1 Å². The predicted octanol–water partition coefficient (Wildman–Crippen LogP) is 5.30. The molecule has 4 aliphatic heterocycles. The van der Waals surface area contributed by atoms with E-state index in [1.165, 1.54) is 18.2 Å². The number of anilines is 1. The average Bonchev–Trinajstić information content (AvgIpc) is 3.28. The van der Waals surface area contributed by atoms with Gasteiger partial charge in [-0.1, -0.05) is 36.7 Å². The fourth-order valence-corrected chi connectivity index (χ4v) is 12.2. The van der Waals surface area contributed by atoms with Gasteiger partial charge in [0.2, 0.25) is 10.0 Å². The van der Waals surface area contributed by atoms with Gasteiger partial charge in [0.05, 0.1) is 38.2 Å². The number of halogens is 1. The van der Waals surface area contributed by atoms with Crippen LogP contribution in [0.5, 0.6) is 5.75 Å². The largest absolute Gasteiger partial charge is 0.490 e. The summed E-state index contributed by atoms with van der Waals surface area (Å²) in [4.78, 5) is 21.4. The zero-order valence-corrected chi connectivity index (χ0v) is 34.8. The van der Waals surface area contributed by atoms with Gasteiger partial charge in [0.1, 0.15) is 16.6 Å². The number of hydrogen-bond donors (Lipinski definition) is 1. The first-order valence-electron chi connectivity index (χ1n) is 20.7. The first kappa shape index (κ1) is 40.1. The van der Waals surface area contributed by atoms with Gasteiger partial charge in [0.15, 0.2) is 0 Å². The maximum Gasteiger partial charge on any atom is 0.264 e. The third-order valence-corrected chi connectivity index (χ3v) is 15.8.